The molecule has 2 amide bonds. The highest BCUT2D eigenvalue weighted by Crippen LogP contribution is 2.30. The molecule has 10 heteroatoms. The van der Waals surface area contributed by atoms with Gasteiger partial charge in [-0.05, 0) is 24.3 Å². The van der Waals surface area contributed by atoms with Crippen LogP contribution in [-0.4, -0.2) is 66.3 Å². The molecule has 0 bridgehead atoms. The number of hydrogen-bond acceptors (Lipinski definition) is 8. The first-order valence-electron chi connectivity index (χ1n) is 10.2. The minimum atomic E-state index is -0.155. The molecule has 0 radical (unpaired) electrons. The van der Waals surface area contributed by atoms with Crippen molar-refractivity contribution in [2.24, 2.45) is 0 Å². The third-order valence-corrected chi connectivity index (χ3v) is 5.10. The summed E-state index contributed by atoms with van der Waals surface area (Å²) in [6.07, 6.45) is 3.24. The zero-order valence-electron chi connectivity index (χ0n) is 18.0. The topological polar surface area (TPSA) is 105 Å². The Bertz CT molecular complexity index is 1060. The van der Waals surface area contributed by atoms with Gasteiger partial charge in [-0.2, -0.15) is 0 Å². The van der Waals surface area contributed by atoms with Crippen molar-refractivity contribution in [2.75, 3.05) is 55.9 Å². The summed E-state index contributed by atoms with van der Waals surface area (Å²) in [4.78, 5) is 29.5. The van der Waals surface area contributed by atoms with Crippen LogP contribution in [0, 0.1) is 0 Å². The summed E-state index contributed by atoms with van der Waals surface area (Å²) in [6.45, 7) is 2.48. The van der Waals surface area contributed by atoms with Crippen LogP contribution in [0.1, 0.15) is 0 Å². The van der Waals surface area contributed by atoms with Crippen molar-refractivity contribution in [1.29, 1.82) is 0 Å². The smallest absolute Gasteiger partial charge is 0.321 e. The Hall–Kier alpha value is -4.08. The fourth-order valence-electron chi connectivity index (χ4n) is 3.41. The van der Waals surface area contributed by atoms with E-state index in [4.69, 9.17) is 9.47 Å². The highest BCUT2D eigenvalue weighted by Gasteiger charge is 2.22. The van der Waals surface area contributed by atoms with Gasteiger partial charge in [-0.15, -0.1) is 0 Å². The molecule has 3 aromatic rings. The van der Waals surface area contributed by atoms with E-state index in [1.165, 1.54) is 6.33 Å². The number of amides is 2. The molecule has 1 fully saturated rings. The predicted octanol–water partition coefficient (Wildman–Crippen LogP) is 2.99. The number of anilines is 4. The molecule has 0 spiro atoms. The van der Waals surface area contributed by atoms with E-state index in [1.807, 2.05) is 24.3 Å². The van der Waals surface area contributed by atoms with E-state index >= 15 is 0 Å². The zero-order valence-corrected chi connectivity index (χ0v) is 18.0. The van der Waals surface area contributed by atoms with Crippen molar-refractivity contribution in [2.45, 2.75) is 0 Å². The molecule has 2 N–H and O–H groups in total. The summed E-state index contributed by atoms with van der Waals surface area (Å²) < 4.78 is 10.5. The second-order valence-electron chi connectivity index (χ2n) is 7.08. The molecule has 0 atom stereocenters. The van der Waals surface area contributed by atoms with Crippen LogP contribution < -0.4 is 25.0 Å². The van der Waals surface area contributed by atoms with Gasteiger partial charge in [0.25, 0.3) is 0 Å². The van der Waals surface area contributed by atoms with Gasteiger partial charge in [0.15, 0.2) is 11.5 Å². The molecule has 1 aliphatic rings. The van der Waals surface area contributed by atoms with Gasteiger partial charge in [0, 0.05) is 50.2 Å². The summed E-state index contributed by atoms with van der Waals surface area (Å²) in [7, 11) is 3.14. The molecule has 1 aromatic carbocycles. The van der Waals surface area contributed by atoms with E-state index in [0.29, 0.717) is 55.0 Å². The lowest BCUT2D eigenvalue weighted by Crippen LogP contribution is -2.50. The molecule has 2 aromatic heterocycles. The second kappa shape index (κ2) is 9.82. The number of carbonyl (C=O) groups is 1. The second-order valence-corrected chi connectivity index (χ2v) is 7.08. The maximum Gasteiger partial charge on any atom is 0.321 e. The SMILES string of the molecule is COc1ccc(NC(=O)N2CCN(c3cc(Nc4ccccn4)ncn3)CC2)cc1OC. The van der Waals surface area contributed by atoms with Crippen molar-refractivity contribution in [3.63, 3.8) is 0 Å². The maximum atomic E-state index is 12.7. The van der Waals surface area contributed by atoms with Crippen LogP contribution in [0.2, 0.25) is 0 Å². The van der Waals surface area contributed by atoms with Crippen LogP contribution in [-0.2, 0) is 0 Å². The molecular formula is C22H25N7O3. The van der Waals surface area contributed by atoms with E-state index < -0.39 is 0 Å². The first-order valence-corrected chi connectivity index (χ1v) is 10.2. The highest BCUT2D eigenvalue weighted by molar-refractivity contribution is 5.90. The van der Waals surface area contributed by atoms with E-state index in [2.05, 4.69) is 30.5 Å². The van der Waals surface area contributed by atoms with Crippen molar-refractivity contribution in [1.82, 2.24) is 19.9 Å². The lowest BCUT2D eigenvalue weighted by atomic mass is 10.2. The van der Waals surface area contributed by atoms with Gasteiger partial charge in [-0.25, -0.2) is 19.7 Å². The summed E-state index contributed by atoms with van der Waals surface area (Å²) in [5, 5.41) is 6.09. The zero-order chi connectivity index (χ0) is 22.3. The minimum Gasteiger partial charge on any atom is -0.493 e. The van der Waals surface area contributed by atoms with Crippen molar-refractivity contribution < 1.29 is 14.3 Å². The number of benzene rings is 1. The van der Waals surface area contributed by atoms with Gasteiger partial charge < -0.3 is 29.9 Å². The van der Waals surface area contributed by atoms with E-state index in [0.717, 1.165) is 5.82 Å². The summed E-state index contributed by atoms with van der Waals surface area (Å²) in [5.41, 5.74) is 0.649. The van der Waals surface area contributed by atoms with Gasteiger partial charge in [-0.1, -0.05) is 6.07 Å². The fourth-order valence-corrected chi connectivity index (χ4v) is 3.41. The largest absolute Gasteiger partial charge is 0.493 e. The summed E-state index contributed by atoms with van der Waals surface area (Å²) in [6, 6.07) is 12.7. The molecule has 0 saturated carbocycles. The predicted molar refractivity (Wildman–Crippen MR) is 122 cm³/mol. The standard InChI is InChI=1S/C22H25N7O3/c1-31-17-7-6-16(13-18(17)32-2)26-22(30)29-11-9-28(10-12-29)21-14-20(24-15-25-21)27-19-5-3-4-8-23-19/h3-8,13-15H,9-12H2,1-2H3,(H,26,30)(H,23,24,25,27). The molecule has 4 rings (SSSR count). The van der Waals surface area contributed by atoms with Gasteiger partial charge in [0.05, 0.1) is 14.2 Å². The molecule has 32 heavy (non-hydrogen) atoms. The average molecular weight is 435 g/mol. The number of aromatic nitrogens is 3. The van der Waals surface area contributed by atoms with Crippen LogP contribution >= 0.6 is 0 Å². The number of hydrogen-bond donors (Lipinski definition) is 2. The van der Waals surface area contributed by atoms with Crippen LogP contribution in [0.4, 0.5) is 27.9 Å². The average Bonchev–Trinajstić information content (AvgIpc) is 2.85. The number of urea groups is 1. The maximum absolute atomic E-state index is 12.7. The van der Waals surface area contributed by atoms with Crippen molar-refractivity contribution in [3.8, 4) is 11.5 Å². The quantitative estimate of drug-likeness (QED) is 0.609. The Kier molecular flexibility index (Phi) is 6.49. The lowest BCUT2D eigenvalue weighted by Gasteiger charge is -2.35. The number of methoxy groups -OCH3 is 2. The summed E-state index contributed by atoms with van der Waals surface area (Å²) >= 11 is 0. The molecular weight excluding hydrogens is 410 g/mol. The first-order chi connectivity index (χ1) is 15.7. The first kappa shape index (κ1) is 21.2. The van der Waals surface area contributed by atoms with Gasteiger partial charge in [0.2, 0.25) is 0 Å². The lowest BCUT2D eigenvalue weighted by molar-refractivity contribution is 0.208. The molecule has 1 saturated heterocycles. The molecule has 166 valence electrons. The molecule has 1 aliphatic heterocycles. The Morgan fingerprint density at radius 2 is 1.72 bits per heavy atom. The number of piperazine rings is 1. The monoisotopic (exact) mass is 435 g/mol. The van der Waals surface area contributed by atoms with Crippen molar-refractivity contribution in [3.05, 3.63) is 55.0 Å². The summed E-state index contributed by atoms with van der Waals surface area (Å²) in [5.74, 6) is 3.37. The number of nitrogens with one attached hydrogen (secondary N) is 2. The van der Waals surface area contributed by atoms with E-state index in [9.17, 15) is 4.79 Å². The van der Waals surface area contributed by atoms with E-state index in [-0.39, 0.29) is 6.03 Å². The molecule has 10 nitrogen and oxygen atoms in total. The number of rotatable bonds is 6. The number of carbonyl (C=O) groups excluding carboxylic acids is 1. The normalized spacial score (nSPS) is 13.4. The van der Waals surface area contributed by atoms with Gasteiger partial charge in [-0.3, -0.25) is 0 Å². The Morgan fingerprint density at radius 3 is 2.44 bits per heavy atom. The van der Waals surface area contributed by atoms with Gasteiger partial charge in [0.1, 0.15) is 23.8 Å². The van der Waals surface area contributed by atoms with Crippen LogP contribution in [0.25, 0.3) is 0 Å². The van der Waals surface area contributed by atoms with Gasteiger partial charge >= 0.3 is 6.03 Å². The molecule has 0 aliphatic carbocycles. The van der Waals surface area contributed by atoms with Crippen LogP contribution in [0.15, 0.2) is 55.0 Å². The Labute approximate surface area is 186 Å². The highest BCUT2D eigenvalue weighted by atomic mass is 16.5. The number of ether oxygens (including phenoxy) is 2. The third-order valence-electron chi connectivity index (χ3n) is 5.10. The van der Waals surface area contributed by atoms with E-state index in [1.54, 1.807) is 43.5 Å². The number of nitrogens with zero attached hydrogens (tertiary/aromatic N) is 5. The number of pyridine rings is 1. The van der Waals surface area contributed by atoms with Crippen molar-refractivity contribution >= 4 is 29.2 Å². The van der Waals surface area contributed by atoms with Crippen LogP contribution in [0.3, 0.4) is 0 Å². The Balaban J connectivity index is 1.34. The minimum absolute atomic E-state index is 0.155. The fraction of sp³-hybridized carbons (Fsp3) is 0.273. The third kappa shape index (κ3) is 4.97. The van der Waals surface area contributed by atoms with Crippen LogP contribution in [0.5, 0.6) is 11.5 Å². The molecule has 0 unspecified atom stereocenters. The Morgan fingerprint density at radius 1 is 0.906 bits per heavy atom. The molecule has 3 heterocycles.